The van der Waals surface area contributed by atoms with Crippen molar-refractivity contribution >= 4 is 11.4 Å². The Kier molecular flexibility index (Phi) is 8.98. The first-order valence-corrected chi connectivity index (χ1v) is 12.4. The molecule has 0 saturated carbocycles. The first kappa shape index (κ1) is 26.8. The van der Waals surface area contributed by atoms with E-state index in [1.807, 2.05) is 12.1 Å². The smallest absolute Gasteiger partial charge is 0.416 e. The molecule has 2 aromatic rings. The van der Waals surface area contributed by atoms with Crippen LogP contribution in [0.1, 0.15) is 82.6 Å². The maximum absolute atomic E-state index is 13.4. The van der Waals surface area contributed by atoms with Gasteiger partial charge in [0.1, 0.15) is 5.75 Å². The molecule has 35 heavy (non-hydrogen) atoms. The van der Waals surface area contributed by atoms with Gasteiger partial charge in [-0.15, -0.1) is 0 Å². The number of halogens is 3. The minimum atomic E-state index is -4.46. The Morgan fingerprint density at radius 3 is 2.49 bits per heavy atom. The second-order valence-electron chi connectivity index (χ2n) is 9.72. The maximum atomic E-state index is 13.4. The number of rotatable bonds is 10. The van der Waals surface area contributed by atoms with Crippen molar-refractivity contribution in [2.75, 3.05) is 6.54 Å². The van der Waals surface area contributed by atoms with Gasteiger partial charge in [0.15, 0.2) is 0 Å². The van der Waals surface area contributed by atoms with Crippen molar-refractivity contribution in [3.05, 3.63) is 65.0 Å². The molecular weight excluding hydrogens is 451 g/mol. The minimum Gasteiger partial charge on any atom is -0.490 e. The number of fused-ring (bicyclic) bond motifs is 1. The standard InChI is InChI=1S/C28H36F3N3O/c1-6-7-8-21(15-18(2)3)34-25-12-14-33-27(22-11-13-32-17-24(22)25)23-10-9-20(28(29,30)31)16-26(23)35-19(4)5/h9-13,16-19,21,34H,6-8,14-15H2,1-5H3. The van der Waals surface area contributed by atoms with Gasteiger partial charge in [0, 0.05) is 40.8 Å². The van der Waals surface area contributed by atoms with E-state index in [0.717, 1.165) is 54.6 Å². The molecule has 0 aliphatic carbocycles. The summed E-state index contributed by atoms with van der Waals surface area (Å²) >= 11 is 0. The van der Waals surface area contributed by atoms with Gasteiger partial charge in [0.2, 0.25) is 0 Å². The van der Waals surface area contributed by atoms with E-state index in [-0.39, 0.29) is 11.9 Å². The highest BCUT2D eigenvalue weighted by Crippen LogP contribution is 2.35. The molecule has 2 heterocycles. The third-order valence-electron chi connectivity index (χ3n) is 5.86. The highest BCUT2D eigenvalue weighted by atomic mass is 19.4. The van der Waals surface area contributed by atoms with E-state index in [9.17, 15) is 13.2 Å². The van der Waals surface area contributed by atoms with Gasteiger partial charge in [-0.1, -0.05) is 33.6 Å². The second kappa shape index (κ2) is 11.7. The molecule has 0 fully saturated rings. The molecule has 190 valence electrons. The van der Waals surface area contributed by atoms with E-state index in [2.05, 4.69) is 31.1 Å². The summed E-state index contributed by atoms with van der Waals surface area (Å²) in [7, 11) is 0. The molecule has 3 rings (SSSR count). The fraction of sp³-hybridized carbons (Fsp3) is 0.500. The van der Waals surface area contributed by atoms with Crippen LogP contribution in [0.5, 0.6) is 5.75 Å². The number of ether oxygens (including phenoxy) is 1. The number of unbranched alkanes of at least 4 members (excludes halogenated alkanes) is 1. The summed E-state index contributed by atoms with van der Waals surface area (Å²) in [6.45, 7) is 10.6. The SMILES string of the molecule is CCCCC(CC(C)C)NC1=CCN=C(c2ccc(C(F)(F)F)cc2OC(C)C)c2ccncc21. The molecular formula is C28H36F3N3O. The third-order valence-corrected chi connectivity index (χ3v) is 5.86. The Labute approximate surface area is 206 Å². The molecule has 4 nitrogen and oxygen atoms in total. The van der Waals surface area contributed by atoms with E-state index >= 15 is 0 Å². The van der Waals surface area contributed by atoms with Crippen LogP contribution in [0.4, 0.5) is 13.2 Å². The Morgan fingerprint density at radius 1 is 1.06 bits per heavy atom. The highest BCUT2D eigenvalue weighted by Gasteiger charge is 2.32. The molecule has 1 N–H and O–H groups in total. The topological polar surface area (TPSA) is 46.5 Å². The van der Waals surface area contributed by atoms with Crippen LogP contribution in [-0.4, -0.2) is 29.4 Å². The van der Waals surface area contributed by atoms with Crippen LogP contribution in [-0.2, 0) is 6.18 Å². The molecule has 0 bridgehead atoms. The van der Waals surface area contributed by atoms with Crippen molar-refractivity contribution in [1.29, 1.82) is 0 Å². The van der Waals surface area contributed by atoms with Crippen molar-refractivity contribution < 1.29 is 17.9 Å². The van der Waals surface area contributed by atoms with E-state index in [4.69, 9.17) is 9.73 Å². The quantitative estimate of drug-likeness (QED) is 0.383. The average molecular weight is 488 g/mol. The van der Waals surface area contributed by atoms with Gasteiger partial charge < -0.3 is 10.1 Å². The number of hydrogen-bond donors (Lipinski definition) is 1. The number of benzene rings is 1. The second-order valence-corrected chi connectivity index (χ2v) is 9.72. The van der Waals surface area contributed by atoms with Gasteiger partial charge >= 0.3 is 6.18 Å². The molecule has 0 amide bonds. The van der Waals surface area contributed by atoms with Gasteiger partial charge in [0.25, 0.3) is 0 Å². The number of aliphatic imine (C=N–C) groups is 1. The summed E-state index contributed by atoms with van der Waals surface area (Å²) in [6, 6.07) is 5.81. The minimum absolute atomic E-state index is 0.174. The number of alkyl halides is 3. The molecule has 1 aliphatic heterocycles. The zero-order chi connectivity index (χ0) is 25.6. The first-order chi connectivity index (χ1) is 16.6. The fourth-order valence-corrected chi connectivity index (χ4v) is 4.34. The van der Waals surface area contributed by atoms with Gasteiger partial charge in [-0.3, -0.25) is 9.98 Å². The average Bonchev–Trinajstić information content (AvgIpc) is 2.96. The molecule has 0 saturated heterocycles. The van der Waals surface area contributed by atoms with Crippen LogP contribution >= 0.6 is 0 Å². The molecule has 1 unspecified atom stereocenters. The monoisotopic (exact) mass is 487 g/mol. The highest BCUT2D eigenvalue weighted by molar-refractivity contribution is 6.17. The van der Waals surface area contributed by atoms with Crippen LogP contribution in [0.25, 0.3) is 5.70 Å². The summed E-state index contributed by atoms with van der Waals surface area (Å²) in [4.78, 5) is 9.14. The molecule has 1 atom stereocenters. The maximum Gasteiger partial charge on any atom is 0.416 e. The Morgan fingerprint density at radius 2 is 1.83 bits per heavy atom. The van der Waals surface area contributed by atoms with Crippen molar-refractivity contribution in [1.82, 2.24) is 10.3 Å². The number of nitrogens with zero attached hydrogens (tertiary/aromatic N) is 2. The van der Waals surface area contributed by atoms with Crippen LogP contribution in [0.15, 0.2) is 47.7 Å². The molecule has 0 spiro atoms. The normalized spacial score (nSPS) is 14.8. The lowest BCUT2D eigenvalue weighted by Crippen LogP contribution is -2.30. The Hall–Kier alpha value is -2.83. The zero-order valence-electron chi connectivity index (χ0n) is 21.2. The van der Waals surface area contributed by atoms with Crippen LogP contribution < -0.4 is 10.1 Å². The zero-order valence-corrected chi connectivity index (χ0v) is 21.2. The fourth-order valence-electron chi connectivity index (χ4n) is 4.34. The Balaban J connectivity index is 2.02. The summed E-state index contributed by atoms with van der Waals surface area (Å²) in [6.07, 6.45) is 5.18. The van der Waals surface area contributed by atoms with E-state index in [1.165, 1.54) is 6.07 Å². The lowest BCUT2D eigenvalue weighted by Gasteiger charge is -2.24. The lowest BCUT2D eigenvalue weighted by molar-refractivity contribution is -0.137. The lowest BCUT2D eigenvalue weighted by atomic mass is 9.94. The van der Waals surface area contributed by atoms with Gasteiger partial charge in [-0.2, -0.15) is 13.2 Å². The molecule has 1 aromatic carbocycles. The van der Waals surface area contributed by atoms with Crippen LogP contribution in [0, 0.1) is 5.92 Å². The van der Waals surface area contributed by atoms with Crippen molar-refractivity contribution in [3.63, 3.8) is 0 Å². The number of pyridine rings is 1. The van der Waals surface area contributed by atoms with Crippen LogP contribution in [0.3, 0.4) is 0 Å². The van der Waals surface area contributed by atoms with E-state index < -0.39 is 11.7 Å². The third kappa shape index (κ3) is 7.09. The van der Waals surface area contributed by atoms with Gasteiger partial charge in [0.05, 0.1) is 23.9 Å². The predicted octanol–water partition coefficient (Wildman–Crippen LogP) is 7.27. The molecule has 1 aliphatic rings. The number of nitrogens with one attached hydrogen (secondary N) is 1. The summed E-state index contributed by atoms with van der Waals surface area (Å²) in [5.74, 6) is 0.729. The summed E-state index contributed by atoms with van der Waals surface area (Å²) in [5.41, 5.74) is 3.08. The van der Waals surface area contributed by atoms with Crippen molar-refractivity contribution in [2.45, 2.75) is 78.6 Å². The van der Waals surface area contributed by atoms with Gasteiger partial charge in [-0.05, 0) is 62.9 Å². The van der Waals surface area contributed by atoms with E-state index in [1.54, 1.807) is 26.2 Å². The van der Waals surface area contributed by atoms with Gasteiger partial charge in [-0.25, -0.2) is 0 Å². The molecule has 0 radical (unpaired) electrons. The number of hydrogen-bond acceptors (Lipinski definition) is 4. The first-order valence-electron chi connectivity index (χ1n) is 12.4. The largest absolute Gasteiger partial charge is 0.490 e. The summed E-state index contributed by atoms with van der Waals surface area (Å²) < 4.78 is 46.1. The Bertz CT molecular complexity index is 1060. The number of aromatic nitrogens is 1. The van der Waals surface area contributed by atoms with Crippen molar-refractivity contribution in [2.24, 2.45) is 10.9 Å². The van der Waals surface area contributed by atoms with Crippen molar-refractivity contribution in [3.8, 4) is 5.75 Å². The molecule has 7 heteroatoms. The summed E-state index contributed by atoms with van der Waals surface area (Å²) in [5, 5.41) is 3.73. The van der Waals surface area contributed by atoms with Crippen LogP contribution in [0.2, 0.25) is 0 Å². The predicted molar refractivity (Wildman–Crippen MR) is 136 cm³/mol. The molecule has 1 aromatic heterocycles. The van der Waals surface area contributed by atoms with E-state index in [0.29, 0.717) is 29.8 Å².